The number of rotatable bonds is 7. The van der Waals surface area contributed by atoms with E-state index in [1.165, 1.54) is 11.1 Å². The van der Waals surface area contributed by atoms with Gasteiger partial charge in [-0.25, -0.2) is 0 Å². The zero-order valence-electron chi connectivity index (χ0n) is 11.2. The summed E-state index contributed by atoms with van der Waals surface area (Å²) in [6.45, 7) is 6.93. The van der Waals surface area contributed by atoms with E-state index < -0.39 is 12.0 Å². The number of hydrogen-bond donors (Lipinski definition) is 2. The summed E-state index contributed by atoms with van der Waals surface area (Å²) in [6, 6.07) is 5.59. The Morgan fingerprint density at radius 3 is 2.50 bits per heavy atom. The van der Waals surface area contributed by atoms with Crippen molar-refractivity contribution in [2.75, 3.05) is 13.2 Å². The molecule has 0 aliphatic heterocycles. The Morgan fingerprint density at radius 1 is 1.33 bits per heavy atom. The van der Waals surface area contributed by atoms with Crippen LogP contribution >= 0.6 is 0 Å². The summed E-state index contributed by atoms with van der Waals surface area (Å²) >= 11 is 0. The molecule has 4 heteroatoms. The summed E-state index contributed by atoms with van der Waals surface area (Å²) in [5, 5.41) is 11.6. The first-order valence-electron chi connectivity index (χ1n) is 6.16. The molecular formula is C14H21NO3. The van der Waals surface area contributed by atoms with E-state index in [-0.39, 0.29) is 0 Å². The molecule has 2 N–H and O–H groups in total. The van der Waals surface area contributed by atoms with Gasteiger partial charge in [-0.3, -0.25) is 4.79 Å². The second-order valence-electron chi connectivity index (χ2n) is 4.54. The number of aryl methyl sites for hydroxylation is 2. The van der Waals surface area contributed by atoms with Gasteiger partial charge in [0.15, 0.2) is 0 Å². The highest BCUT2D eigenvalue weighted by molar-refractivity contribution is 5.72. The van der Waals surface area contributed by atoms with E-state index in [2.05, 4.69) is 11.4 Å². The summed E-state index contributed by atoms with van der Waals surface area (Å²) < 4.78 is 5.62. The molecule has 0 unspecified atom stereocenters. The second-order valence-corrected chi connectivity index (χ2v) is 4.54. The summed E-state index contributed by atoms with van der Waals surface area (Å²) in [5.74, 6) is 0.0454. The Kier molecular flexibility index (Phi) is 5.65. The largest absolute Gasteiger partial charge is 0.494 e. The van der Waals surface area contributed by atoms with Gasteiger partial charge in [0.25, 0.3) is 0 Å². The zero-order valence-corrected chi connectivity index (χ0v) is 11.2. The highest BCUT2D eigenvalue weighted by atomic mass is 16.5. The number of benzene rings is 1. The van der Waals surface area contributed by atoms with Crippen molar-refractivity contribution in [3.63, 3.8) is 0 Å². The number of hydrogen-bond acceptors (Lipinski definition) is 3. The topological polar surface area (TPSA) is 58.6 Å². The van der Waals surface area contributed by atoms with Crippen molar-refractivity contribution in [3.05, 3.63) is 29.3 Å². The molecule has 0 amide bonds. The Balaban J connectivity index is 2.23. The smallest absolute Gasteiger partial charge is 0.320 e. The molecule has 18 heavy (non-hydrogen) atoms. The van der Waals surface area contributed by atoms with Gasteiger partial charge in [0.05, 0.1) is 6.61 Å². The average Bonchev–Trinajstić information content (AvgIpc) is 2.26. The van der Waals surface area contributed by atoms with Crippen LogP contribution in [0.3, 0.4) is 0 Å². The summed E-state index contributed by atoms with van der Waals surface area (Å²) in [7, 11) is 0. The van der Waals surface area contributed by atoms with Crippen molar-refractivity contribution in [2.45, 2.75) is 33.2 Å². The van der Waals surface area contributed by atoms with Gasteiger partial charge < -0.3 is 15.2 Å². The number of carboxylic acids is 1. The Hall–Kier alpha value is -1.55. The average molecular weight is 251 g/mol. The lowest BCUT2D eigenvalue weighted by molar-refractivity contribution is -0.139. The van der Waals surface area contributed by atoms with Gasteiger partial charge in [-0.1, -0.05) is 6.07 Å². The molecule has 0 spiro atoms. The van der Waals surface area contributed by atoms with Crippen LogP contribution in [0.15, 0.2) is 18.2 Å². The molecule has 0 bridgehead atoms. The van der Waals surface area contributed by atoms with E-state index in [0.29, 0.717) is 13.2 Å². The molecule has 0 radical (unpaired) electrons. The first kappa shape index (κ1) is 14.5. The van der Waals surface area contributed by atoms with Crippen LogP contribution < -0.4 is 10.1 Å². The molecule has 0 fully saturated rings. The first-order valence-corrected chi connectivity index (χ1v) is 6.16. The van der Waals surface area contributed by atoms with Crippen molar-refractivity contribution in [2.24, 2.45) is 0 Å². The molecule has 1 atom stereocenters. The van der Waals surface area contributed by atoms with Gasteiger partial charge >= 0.3 is 5.97 Å². The van der Waals surface area contributed by atoms with E-state index in [1.54, 1.807) is 6.92 Å². The van der Waals surface area contributed by atoms with Gasteiger partial charge in [-0.15, -0.1) is 0 Å². The summed E-state index contributed by atoms with van der Waals surface area (Å²) in [6.07, 6.45) is 0.782. The summed E-state index contributed by atoms with van der Waals surface area (Å²) in [5.41, 5.74) is 2.37. The highest BCUT2D eigenvalue weighted by Gasteiger charge is 2.08. The van der Waals surface area contributed by atoms with Gasteiger partial charge in [0.2, 0.25) is 0 Å². The van der Waals surface area contributed by atoms with Crippen LogP contribution in [0.4, 0.5) is 0 Å². The van der Waals surface area contributed by atoms with E-state index >= 15 is 0 Å². The SMILES string of the molecule is Cc1cc(C)cc(OCCCN[C@H](C)C(=O)O)c1. The third-order valence-corrected chi connectivity index (χ3v) is 2.61. The minimum atomic E-state index is -0.828. The fourth-order valence-corrected chi connectivity index (χ4v) is 1.68. The molecule has 0 aromatic heterocycles. The van der Waals surface area contributed by atoms with Crippen LogP contribution in [0, 0.1) is 13.8 Å². The fraction of sp³-hybridized carbons (Fsp3) is 0.500. The monoisotopic (exact) mass is 251 g/mol. The Bertz CT molecular complexity index is 384. The minimum Gasteiger partial charge on any atom is -0.494 e. The number of carboxylic acid groups (broad SMARTS) is 1. The molecule has 0 saturated carbocycles. The van der Waals surface area contributed by atoms with Crippen molar-refractivity contribution >= 4 is 5.97 Å². The van der Waals surface area contributed by atoms with Crippen LogP contribution in [0.25, 0.3) is 0 Å². The van der Waals surface area contributed by atoms with E-state index in [0.717, 1.165) is 12.2 Å². The Morgan fingerprint density at radius 2 is 1.94 bits per heavy atom. The predicted molar refractivity (Wildman–Crippen MR) is 71.1 cm³/mol. The van der Waals surface area contributed by atoms with Crippen LogP contribution in [0.2, 0.25) is 0 Å². The summed E-state index contributed by atoms with van der Waals surface area (Å²) in [4.78, 5) is 10.6. The van der Waals surface area contributed by atoms with Crippen LogP contribution in [-0.2, 0) is 4.79 Å². The molecule has 100 valence electrons. The maximum atomic E-state index is 10.6. The quantitative estimate of drug-likeness (QED) is 0.729. The van der Waals surface area contributed by atoms with Gasteiger partial charge in [0.1, 0.15) is 11.8 Å². The molecule has 0 aliphatic rings. The minimum absolute atomic E-state index is 0.508. The molecule has 1 rings (SSSR count). The first-order chi connectivity index (χ1) is 8.49. The number of nitrogens with one attached hydrogen (secondary N) is 1. The normalized spacial score (nSPS) is 12.2. The predicted octanol–water partition coefficient (Wildman–Crippen LogP) is 2.14. The molecular weight excluding hydrogens is 230 g/mol. The molecule has 4 nitrogen and oxygen atoms in total. The lowest BCUT2D eigenvalue weighted by atomic mass is 10.1. The van der Waals surface area contributed by atoms with Gasteiger partial charge in [-0.05, 0) is 57.0 Å². The molecule has 1 aromatic carbocycles. The van der Waals surface area contributed by atoms with E-state index in [1.807, 2.05) is 26.0 Å². The molecule has 0 saturated heterocycles. The van der Waals surface area contributed by atoms with Gasteiger partial charge in [0, 0.05) is 0 Å². The van der Waals surface area contributed by atoms with Gasteiger partial charge in [-0.2, -0.15) is 0 Å². The third-order valence-electron chi connectivity index (χ3n) is 2.61. The second kappa shape index (κ2) is 7.01. The van der Waals surface area contributed by atoms with Crippen molar-refractivity contribution in [1.29, 1.82) is 0 Å². The standard InChI is InChI=1S/C14H21NO3/c1-10-7-11(2)9-13(8-10)18-6-4-5-15-12(3)14(16)17/h7-9,12,15H,4-6H2,1-3H3,(H,16,17)/t12-/m1/s1. The molecule has 1 aromatic rings. The van der Waals surface area contributed by atoms with Crippen molar-refractivity contribution in [3.8, 4) is 5.75 Å². The third kappa shape index (κ3) is 5.19. The van der Waals surface area contributed by atoms with Crippen LogP contribution in [-0.4, -0.2) is 30.3 Å². The van der Waals surface area contributed by atoms with Crippen molar-refractivity contribution < 1.29 is 14.6 Å². The van der Waals surface area contributed by atoms with E-state index in [9.17, 15) is 4.79 Å². The van der Waals surface area contributed by atoms with Crippen LogP contribution in [0.5, 0.6) is 5.75 Å². The lowest BCUT2D eigenvalue weighted by Gasteiger charge is -2.10. The zero-order chi connectivity index (χ0) is 13.5. The number of ether oxygens (including phenoxy) is 1. The van der Waals surface area contributed by atoms with E-state index in [4.69, 9.17) is 9.84 Å². The van der Waals surface area contributed by atoms with Crippen molar-refractivity contribution in [1.82, 2.24) is 5.32 Å². The molecule has 0 aliphatic carbocycles. The Labute approximate surface area is 108 Å². The molecule has 0 heterocycles. The highest BCUT2D eigenvalue weighted by Crippen LogP contribution is 2.16. The number of carbonyl (C=O) groups is 1. The maximum absolute atomic E-state index is 10.6. The lowest BCUT2D eigenvalue weighted by Crippen LogP contribution is -2.34. The number of aliphatic carboxylic acids is 1. The van der Waals surface area contributed by atoms with Crippen LogP contribution in [0.1, 0.15) is 24.5 Å². The maximum Gasteiger partial charge on any atom is 0.320 e. The fourth-order valence-electron chi connectivity index (χ4n) is 1.68.